The zero-order valence-electron chi connectivity index (χ0n) is 29.8. The predicted molar refractivity (Wildman–Crippen MR) is 181 cm³/mol. The Labute approximate surface area is 291 Å². The molecule has 1 aliphatic carbocycles. The van der Waals surface area contributed by atoms with Gasteiger partial charge in [-0.15, -0.1) is 0 Å². The first kappa shape index (κ1) is 39.8. The minimum absolute atomic E-state index is 0.139. The molecule has 0 saturated heterocycles. The van der Waals surface area contributed by atoms with Crippen molar-refractivity contribution in [2.45, 2.75) is 92.0 Å². The van der Waals surface area contributed by atoms with Crippen LogP contribution in [0.3, 0.4) is 0 Å². The van der Waals surface area contributed by atoms with Crippen molar-refractivity contribution in [3.05, 3.63) is 70.7 Å². The molecule has 13 heteroatoms. The number of phenolic OH excluding ortho intramolecular Hbond substituents is 1. The van der Waals surface area contributed by atoms with Gasteiger partial charge in [0.25, 0.3) is 11.7 Å². The van der Waals surface area contributed by atoms with Crippen molar-refractivity contribution in [1.29, 1.82) is 0 Å². The fourth-order valence-electron chi connectivity index (χ4n) is 5.78. The van der Waals surface area contributed by atoms with E-state index in [2.05, 4.69) is 5.32 Å². The highest BCUT2D eigenvalue weighted by atomic mass is 16.7. The fraction of sp³-hybridized carbons (Fsp3) is 0.486. The van der Waals surface area contributed by atoms with E-state index >= 15 is 0 Å². The van der Waals surface area contributed by atoms with Crippen molar-refractivity contribution in [3.8, 4) is 11.5 Å². The van der Waals surface area contributed by atoms with Gasteiger partial charge in [-0.1, -0.05) is 45.9 Å². The van der Waals surface area contributed by atoms with Crippen LogP contribution in [0.1, 0.15) is 92.9 Å². The van der Waals surface area contributed by atoms with Crippen LogP contribution in [-0.4, -0.2) is 81.9 Å². The van der Waals surface area contributed by atoms with Crippen LogP contribution in [0.4, 0.5) is 0 Å². The van der Waals surface area contributed by atoms with E-state index < -0.39 is 88.1 Å². The third kappa shape index (κ3) is 8.58. The number of rotatable bonds is 15. The molecule has 1 aromatic carbocycles. The van der Waals surface area contributed by atoms with Crippen molar-refractivity contribution in [3.63, 3.8) is 0 Å². The molecule has 272 valence electrons. The molecule has 0 spiro atoms. The molecule has 0 saturated carbocycles. The van der Waals surface area contributed by atoms with Crippen LogP contribution in [0.15, 0.2) is 54.0 Å². The summed E-state index contributed by atoms with van der Waals surface area (Å²) in [4.78, 5) is 64.6. The normalized spacial score (nSPS) is 21.8. The van der Waals surface area contributed by atoms with Gasteiger partial charge in [-0.25, -0.2) is 0 Å². The average Bonchev–Trinajstić information content (AvgIpc) is 3.31. The molecule has 1 heterocycles. The smallest absolute Gasteiger partial charge is 0.312 e. The van der Waals surface area contributed by atoms with Gasteiger partial charge in [-0.3, -0.25) is 24.0 Å². The molecule has 0 bridgehead atoms. The van der Waals surface area contributed by atoms with E-state index in [1.165, 1.54) is 46.3 Å². The Morgan fingerprint density at radius 2 is 1.66 bits per heavy atom. The summed E-state index contributed by atoms with van der Waals surface area (Å²) in [5.74, 6) is -7.67. The maximum atomic E-state index is 13.4. The number of carbonyl (C=O) groups is 5. The number of Topliss-reactive ketones (excluding diaryl/α,β-unsaturated/α-hetero) is 2. The molecular formula is C37H47NO12. The lowest BCUT2D eigenvalue weighted by Gasteiger charge is -2.34. The van der Waals surface area contributed by atoms with E-state index in [0.29, 0.717) is 6.42 Å². The number of aliphatic hydroxyl groups is 2. The highest BCUT2D eigenvalue weighted by Gasteiger charge is 2.50. The third-order valence-corrected chi connectivity index (χ3v) is 9.05. The van der Waals surface area contributed by atoms with Gasteiger partial charge in [0.2, 0.25) is 5.78 Å². The molecule has 13 nitrogen and oxygen atoms in total. The zero-order valence-corrected chi connectivity index (χ0v) is 29.8. The summed E-state index contributed by atoms with van der Waals surface area (Å²) < 4.78 is 21.6. The number of carbonyl (C=O) groups excluding carboxylic acids is 5. The second-order valence-electron chi connectivity index (χ2n) is 12.8. The number of aromatic hydroxyl groups is 1. The number of aliphatic hydroxyl groups excluding tert-OH is 2. The van der Waals surface area contributed by atoms with E-state index in [0.717, 1.165) is 12.1 Å². The van der Waals surface area contributed by atoms with Crippen LogP contribution in [0.25, 0.3) is 0 Å². The highest BCUT2D eigenvalue weighted by molar-refractivity contribution is 6.30. The number of amides is 1. The Bertz CT molecular complexity index is 1640. The number of benzene rings is 1. The lowest BCUT2D eigenvalue weighted by atomic mass is 9.81. The van der Waals surface area contributed by atoms with Crippen LogP contribution in [0.2, 0.25) is 0 Å². The molecule has 50 heavy (non-hydrogen) atoms. The van der Waals surface area contributed by atoms with Crippen molar-refractivity contribution in [1.82, 2.24) is 5.32 Å². The molecule has 3 rings (SSSR count). The largest absolute Gasteiger partial charge is 0.507 e. The number of hydrogen-bond acceptors (Lipinski definition) is 12. The summed E-state index contributed by atoms with van der Waals surface area (Å²) in [5.41, 5.74) is -1.29. The maximum Gasteiger partial charge on any atom is 0.312 e. The van der Waals surface area contributed by atoms with Gasteiger partial charge in [-0.2, -0.15) is 0 Å². The topological polar surface area (TPSA) is 195 Å². The molecule has 0 unspecified atom stereocenters. The SMILES string of the molecule is CC[C@@H](OC(C)=O)[C@H](C)[C@H](O)[C@H](C)[C@@H](O)[C@@H](C)/C=C/C=C(/C)C(=O)NC1=CC(=O)c2c(c(O)cc3c2C(=O)[C@@](C)(O/C=C/[C@@H](C)OC)O3)C1=O. The van der Waals surface area contributed by atoms with Crippen molar-refractivity contribution < 1.29 is 58.2 Å². The lowest BCUT2D eigenvalue weighted by Crippen LogP contribution is -2.42. The van der Waals surface area contributed by atoms with Gasteiger partial charge < -0.3 is 39.6 Å². The van der Waals surface area contributed by atoms with E-state index in [9.17, 15) is 39.3 Å². The minimum atomic E-state index is -1.88. The number of ketones is 3. The summed E-state index contributed by atoms with van der Waals surface area (Å²) >= 11 is 0. The van der Waals surface area contributed by atoms with Gasteiger partial charge in [-0.05, 0) is 26.3 Å². The van der Waals surface area contributed by atoms with Gasteiger partial charge in [0.15, 0.2) is 5.78 Å². The second-order valence-corrected chi connectivity index (χ2v) is 12.8. The fourth-order valence-corrected chi connectivity index (χ4v) is 5.78. The third-order valence-electron chi connectivity index (χ3n) is 9.05. The first-order chi connectivity index (χ1) is 23.4. The van der Waals surface area contributed by atoms with Gasteiger partial charge in [0.05, 0.1) is 47.0 Å². The Hall–Kier alpha value is -4.59. The van der Waals surface area contributed by atoms with Crippen molar-refractivity contribution in [2.75, 3.05) is 7.11 Å². The highest BCUT2D eigenvalue weighted by Crippen LogP contribution is 2.44. The molecule has 2 aliphatic rings. The summed E-state index contributed by atoms with van der Waals surface area (Å²) in [6, 6.07) is 1.05. The molecule has 1 aromatic rings. The van der Waals surface area contributed by atoms with Crippen LogP contribution in [0.5, 0.6) is 11.5 Å². The molecule has 0 aromatic heterocycles. The van der Waals surface area contributed by atoms with E-state index in [1.807, 2.05) is 6.92 Å². The summed E-state index contributed by atoms with van der Waals surface area (Å²) in [6.45, 7) is 12.9. The van der Waals surface area contributed by atoms with Crippen LogP contribution >= 0.6 is 0 Å². The second kappa shape index (κ2) is 16.4. The number of methoxy groups -OCH3 is 1. The van der Waals surface area contributed by atoms with Crippen LogP contribution in [-0.2, 0) is 23.8 Å². The van der Waals surface area contributed by atoms with Crippen LogP contribution in [0, 0.1) is 17.8 Å². The Kier molecular flexibility index (Phi) is 13.1. The van der Waals surface area contributed by atoms with Gasteiger partial charge in [0, 0.05) is 56.4 Å². The van der Waals surface area contributed by atoms with Gasteiger partial charge >= 0.3 is 11.8 Å². The monoisotopic (exact) mass is 697 g/mol. The lowest BCUT2D eigenvalue weighted by molar-refractivity contribution is -0.153. The Morgan fingerprint density at radius 3 is 2.26 bits per heavy atom. The molecule has 1 aliphatic heterocycles. The molecule has 4 N–H and O–H groups in total. The summed E-state index contributed by atoms with van der Waals surface area (Å²) in [5, 5.41) is 34.9. The number of nitrogens with one attached hydrogen (secondary N) is 1. The summed E-state index contributed by atoms with van der Waals surface area (Å²) in [7, 11) is 1.49. The molecule has 1 amide bonds. The number of phenols is 1. The van der Waals surface area contributed by atoms with Crippen molar-refractivity contribution in [2.24, 2.45) is 17.8 Å². The van der Waals surface area contributed by atoms with Gasteiger partial charge in [0.1, 0.15) is 17.6 Å². The average molecular weight is 698 g/mol. The maximum absolute atomic E-state index is 13.4. The Balaban J connectivity index is 1.72. The molecular weight excluding hydrogens is 650 g/mol. The summed E-state index contributed by atoms with van der Waals surface area (Å²) in [6.07, 6.45) is 6.03. The molecule has 0 radical (unpaired) electrons. The quantitative estimate of drug-likeness (QED) is 0.0888. The Morgan fingerprint density at radius 1 is 1.00 bits per heavy atom. The minimum Gasteiger partial charge on any atom is -0.507 e. The van der Waals surface area contributed by atoms with E-state index in [-0.39, 0.29) is 28.6 Å². The number of ether oxygens (including phenoxy) is 4. The number of fused-ring (bicyclic) bond motifs is 3. The van der Waals surface area contributed by atoms with Crippen LogP contribution < -0.4 is 10.1 Å². The van der Waals surface area contributed by atoms with Crippen molar-refractivity contribution >= 4 is 29.2 Å². The zero-order chi connectivity index (χ0) is 37.7. The van der Waals surface area contributed by atoms with E-state index in [1.54, 1.807) is 39.8 Å². The standard InChI is InChI=1S/C37H47NO12/c1-10-27(49-23(7)39)21(5)33(43)22(6)32(42)18(2)12-11-13-19(3)36(46)38-24-16-25(40)29-30(34(24)44)26(41)17-28-31(29)35(45)37(8,50-28)48-15-14-20(4)47-9/h11-18,20-22,27,32-33,41-43H,10H2,1-9H3,(H,38,46)/b12-11+,15-14+,19-13-/t18-,20+,21-,22+,27+,32-,33-,37-/m0/s1. The molecule has 8 atom stereocenters. The number of allylic oxidation sites excluding steroid dienone is 4. The first-order valence-corrected chi connectivity index (χ1v) is 16.4. The number of esters is 1. The van der Waals surface area contributed by atoms with E-state index in [4.69, 9.17) is 18.9 Å². The number of hydrogen-bond donors (Lipinski definition) is 4. The first-order valence-electron chi connectivity index (χ1n) is 16.4. The molecule has 0 fully saturated rings. The predicted octanol–water partition coefficient (Wildman–Crippen LogP) is 4.10.